The molecule has 0 saturated heterocycles. The Balaban J connectivity index is 1.88. The van der Waals surface area contributed by atoms with Crippen LogP contribution in [0, 0.1) is 3.57 Å². The van der Waals surface area contributed by atoms with E-state index in [-0.39, 0.29) is 12.5 Å². The highest BCUT2D eigenvalue weighted by molar-refractivity contribution is 14.1. The molecule has 18 heavy (non-hydrogen) atoms. The molecule has 0 heterocycles. The van der Waals surface area contributed by atoms with E-state index >= 15 is 0 Å². The second-order valence-electron chi connectivity index (χ2n) is 3.63. The first kappa shape index (κ1) is 12.9. The summed E-state index contributed by atoms with van der Waals surface area (Å²) >= 11 is 2.17. The Morgan fingerprint density at radius 2 is 1.72 bits per heavy atom. The minimum absolute atomic E-state index is 0.00884. The monoisotopic (exact) mass is 353 g/mol. The molecular weight excluding hydrogens is 341 g/mol. The van der Waals surface area contributed by atoms with Crippen molar-refractivity contribution < 1.29 is 9.53 Å². The summed E-state index contributed by atoms with van der Waals surface area (Å²) in [7, 11) is 0. The summed E-state index contributed by atoms with van der Waals surface area (Å²) in [5.41, 5.74) is 0.772. The van der Waals surface area contributed by atoms with Gasteiger partial charge in [0.1, 0.15) is 5.75 Å². The number of halogens is 1. The lowest BCUT2D eigenvalue weighted by molar-refractivity contribution is -0.118. The van der Waals surface area contributed by atoms with Crippen LogP contribution in [0.3, 0.4) is 0 Å². The molecule has 0 aromatic heterocycles. The fraction of sp³-hybridized carbons (Fsp3) is 0.0714. The Morgan fingerprint density at radius 1 is 1.06 bits per heavy atom. The van der Waals surface area contributed by atoms with Crippen molar-refractivity contribution in [1.29, 1.82) is 0 Å². The lowest BCUT2D eigenvalue weighted by Crippen LogP contribution is -2.20. The molecule has 4 heteroatoms. The summed E-state index contributed by atoms with van der Waals surface area (Å²) in [5, 5.41) is 2.77. The second kappa shape index (κ2) is 6.39. The number of nitrogens with one attached hydrogen (secondary N) is 1. The summed E-state index contributed by atoms with van der Waals surface area (Å²) in [5.74, 6) is 0.558. The average molecular weight is 353 g/mol. The quantitative estimate of drug-likeness (QED) is 0.857. The van der Waals surface area contributed by atoms with E-state index in [1.807, 2.05) is 54.6 Å². The van der Waals surface area contributed by atoms with Crippen molar-refractivity contribution >= 4 is 34.2 Å². The maximum absolute atomic E-state index is 11.7. The number of amides is 1. The maximum atomic E-state index is 11.7. The molecule has 0 aliphatic rings. The van der Waals surface area contributed by atoms with E-state index < -0.39 is 0 Å². The van der Waals surface area contributed by atoms with E-state index in [1.54, 1.807) is 0 Å². The van der Waals surface area contributed by atoms with Gasteiger partial charge in [0.05, 0.1) is 3.57 Å². The summed E-state index contributed by atoms with van der Waals surface area (Å²) in [6.45, 7) is 0.00884. The summed E-state index contributed by atoms with van der Waals surface area (Å²) < 4.78 is 6.44. The van der Waals surface area contributed by atoms with Gasteiger partial charge in [0.15, 0.2) is 6.61 Å². The van der Waals surface area contributed by atoms with E-state index in [0.29, 0.717) is 0 Å². The third kappa shape index (κ3) is 3.73. The molecular formula is C14H12INO2. The molecule has 0 unspecified atom stereocenters. The van der Waals surface area contributed by atoms with Crippen LogP contribution in [0.4, 0.5) is 5.69 Å². The van der Waals surface area contributed by atoms with Crippen LogP contribution >= 0.6 is 22.6 Å². The second-order valence-corrected chi connectivity index (χ2v) is 4.80. The number of hydrogen-bond acceptors (Lipinski definition) is 2. The summed E-state index contributed by atoms with van der Waals surface area (Å²) in [4.78, 5) is 11.7. The topological polar surface area (TPSA) is 38.3 Å². The molecule has 3 nitrogen and oxygen atoms in total. The van der Waals surface area contributed by atoms with Gasteiger partial charge >= 0.3 is 0 Å². The molecule has 0 saturated carbocycles. The van der Waals surface area contributed by atoms with Crippen molar-refractivity contribution in [2.24, 2.45) is 0 Å². The molecule has 1 N–H and O–H groups in total. The molecule has 1 amide bonds. The Morgan fingerprint density at radius 3 is 2.44 bits per heavy atom. The van der Waals surface area contributed by atoms with Gasteiger partial charge in [0.25, 0.3) is 5.91 Å². The predicted molar refractivity (Wildman–Crippen MR) is 79.7 cm³/mol. The molecule has 0 atom stereocenters. The largest absolute Gasteiger partial charge is 0.483 e. The van der Waals surface area contributed by atoms with Gasteiger partial charge in [-0.25, -0.2) is 0 Å². The maximum Gasteiger partial charge on any atom is 0.262 e. The Bertz CT molecular complexity index is 528. The van der Waals surface area contributed by atoms with Crippen LogP contribution in [0.15, 0.2) is 54.6 Å². The van der Waals surface area contributed by atoms with Gasteiger partial charge in [-0.15, -0.1) is 0 Å². The minimum atomic E-state index is -0.166. The predicted octanol–water partition coefficient (Wildman–Crippen LogP) is 3.31. The van der Waals surface area contributed by atoms with Gasteiger partial charge in [-0.1, -0.05) is 30.3 Å². The number of rotatable bonds is 4. The molecule has 0 spiro atoms. The van der Waals surface area contributed by atoms with E-state index in [1.165, 1.54) is 0 Å². The number of para-hydroxylation sites is 2. The molecule has 2 aromatic rings. The third-order valence-corrected chi connectivity index (χ3v) is 3.14. The van der Waals surface area contributed by atoms with Gasteiger partial charge in [-0.2, -0.15) is 0 Å². The zero-order chi connectivity index (χ0) is 12.8. The molecule has 0 aliphatic carbocycles. The standard InChI is InChI=1S/C14H12INO2/c15-12-8-4-5-9-13(12)18-10-14(17)16-11-6-2-1-3-7-11/h1-9H,10H2,(H,16,17). The zero-order valence-electron chi connectivity index (χ0n) is 9.60. The van der Waals surface area contributed by atoms with Crippen molar-refractivity contribution in [3.63, 3.8) is 0 Å². The molecule has 0 bridgehead atoms. The van der Waals surface area contributed by atoms with Gasteiger partial charge in [0, 0.05) is 5.69 Å². The molecule has 0 radical (unpaired) electrons. The number of anilines is 1. The van der Waals surface area contributed by atoms with E-state index in [4.69, 9.17) is 4.74 Å². The lowest BCUT2D eigenvalue weighted by Gasteiger charge is -2.08. The van der Waals surface area contributed by atoms with E-state index in [0.717, 1.165) is 15.0 Å². The Hall–Kier alpha value is -1.56. The smallest absolute Gasteiger partial charge is 0.262 e. The summed E-state index contributed by atoms with van der Waals surface area (Å²) in [6, 6.07) is 16.9. The van der Waals surface area contributed by atoms with Gasteiger partial charge in [0.2, 0.25) is 0 Å². The third-order valence-electron chi connectivity index (χ3n) is 2.25. The Kier molecular flexibility index (Phi) is 4.58. The highest BCUT2D eigenvalue weighted by Crippen LogP contribution is 2.19. The van der Waals surface area contributed by atoms with Crippen molar-refractivity contribution in [1.82, 2.24) is 0 Å². The van der Waals surface area contributed by atoms with Crippen LogP contribution < -0.4 is 10.1 Å². The fourth-order valence-corrected chi connectivity index (χ4v) is 1.97. The zero-order valence-corrected chi connectivity index (χ0v) is 11.8. The highest BCUT2D eigenvalue weighted by Gasteiger charge is 2.05. The number of carbonyl (C=O) groups excluding carboxylic acids is 1. The van der Waals surface area contributed by atoms with Crippen LogP contribution in [-0.2, 0) is 4.79 Å². The van der Waals surface area contributed by atoms with Crippen molar-refractivity contribution in [3.8, 4) is 5.75 Å². The number of carbonyl (C=O) groups is 1. The minimum Gasteiger partial charge on any atom is -0.483 e. The van der Waals surface area contributed by atoms with Crippen LogP contribution in [0.1, 0.15) is 0 Å². The van der Waals surface area contributed by atoms with Crippen LogP contribution in [0.25, 0.3) is 0 Å². The van der Waals surface area contributed by atoms with Crippen LogP contribution in [-0.4, -0.2) is 12.5 Å². The van der Waals surface area contributed by atoms with Crippen molar-refractivity contribution in [3.05, 3.63) is 58.2 Å². The summed E-state index contributed by atoms with van der Waals surface area (Å²) in [6.07, 6.45) is 0. The van der Waals surface area contributed by atoms with Crippen molar-refractivity contribution in [2.45, 2.75) is 0 Å². The van der Waals surface area contributed by atoms with Gasteiger partial charge in [-0.3, -0.25) is 4.79 Å². The van der Waals surface area contributed by atoms with E-state index in [2.05, 4.69) is 27.9 Å². The first-order chi connectivity index (χ1) is 8.75. The molecule has 0 fully saturated rings. The first-order valence-corrected chi connectivity index (χ1v) is 6.56. The van der Waals surface area contributed by atoms with Gasteiger partial charge in [-0.05, 0) is 46.9 Å². The van der Waals surface area contributed by atoms with E-state index in [9.17, 15) is 4.79 Å². The van der Waals surface area contributed by atoms with Crippen LogP contribution in [0.2, 0.25) is 0 Å². The lowest BCUT2D eigenvalue weighted by atomic mass is 10.3. The average Bonchev–Trinajstić information content (AvgIpc) is 2.39. The fourth-order valence-electron chi connectivity index (χ4n) is 1.42. The normalized spacial score (nSPS) is 9.83. The van der Waals surface area contributed by atoms with Gasteiger partial charge < -0.3 is 10.1 Å². The molecule has 0 aliphatic heterocycles. The molecule has 2 rings (SSSR count). The Labute approximate surface area is 119 Å². The van der Waals surface area contributed by atoms with Crippen LogP contribution in [0.5, 0.6) is 5.75 Å². The first-order valence-electron chi connectivity index (χ1n) is 5.48. The number of benzene rings is 2. The highest BCUT2D eigenvalue weighted by atomic mass is 127. The molecule has 92 valence electrons. The molecule has 2 aromatic carbocycles. The van der Waals surface area contributed by atoms with Crippen molar-refractivity contribution in [2.75, 3.05) is 11.9 Å². The SMILES string of the molecule is O=C(COc1ccccc1I)Nc1ccccc1. The number of ether oxygens (including phenoxy) is 1. The number of hydrogen-bond donors (Lipinski definition) is 1.